The van der Waals surface area contributed by atoms with Crippen molar-refractivity contribution in [3.63, 3.8) is 0 Å². The number of rotatable bonds is 0. The minimum atomic E-state index is -1.72. The fraction of sp³-hybridized carbons (Fsp3) is 0. The van der Waals surface area contributed by atoms with Gasteiger partial charge in [0.25, 0.3) is 0 Å². The molecule has 0 unspecified atom stereocenters. The highest BCUT2D eigenvalue weighted by molar-refractivity contribution is 8.55. The second-order valence-corrected chi connectivity index (χ2v) is 8.44. The van der Waals surface area contributed by atoms with Gasteiger partial charge in [-0.2, -0.15) is 0 Å². The maximum absolute atomic E-state index is 5.32. The van der Waals surface area contributed by atoms with E-state index in [4.69, 9.17) is 22.4 Å². The molecule has 0 bridgehead atoms. The summed E-state index contributed by atoms with van der Waals surface area (Å²) in [6, 6.07) is 7.92. The second kappa shape index (κ2) is 3.24. The predicted molar refractivity (Wildman–Crippen MR) is 66.9 cm³/mol. The molecule has 0 fully saturated rings. The molecule has 0 radical (unpaired) electrons. The summed E-state index contributed by atoms with van der Waals surface area (Å²) in [6.45, 7) is 0. The zero-order chi connectivity index (χ0) is 9.47. The summed E-state index contributed by atoms with van der Waals surface area (Å²) in [7, 11) is -1.72. The average Bonchev–Trinajstić information content (AvgIpc) is 2.02. The molecule has 68 valence electrons. The fourth-order valence-corrected chi connectivity index (χ4v) is 4.72. The van der Waals surface area contributed by atoms with Gasteiger partial charge in [-0.15, -0.1) is 12.6 Å². The first-order valence-corrected chi connectivity index (χ1v) is 7.55. The van der Waals surface area contributed by atoms with E-state index >= 15 is 0 Å². The Labute approximate surface area is 92.6 Å². The largest absolute Gasteiger partial charge is 0.316 e. The van der Waals surface area contributed by atoms with Gasteiger partial charge in [0.2, 0.25) is 0 Å². The number of hydrogen-bond donors (Lipinski definition) is 2. The minimum Gasteiger partial charge on any atom is -0.316 e. The molecule has 1 aliphatic heterocycles. The van der Waals surface area contributed by atoms with Crippen LogP contribution < -0.4 is 4.72 Å². The molecule has 1 nitrogen and oxygen atoms in total. The van der Waals surface area contributed by atoms with Crippen LogP contribution in [0.3, 0.4) is 0 Å². The molecule has 2 rings (SSSR count). The molecular weight excluding hydrogens is 238 g/mol. The molecule has 1 heterocycles. The van der Waals surface area contributed by atoms with Crippen molar-refractivity contribution in [1.82, 2.24) is 4.72 Å². The Morgan fingerprint density at radius 2 is 1.92 bits per heavy atom. The Bertz CT molecular complexity index is 473. The van der Waals surface area contributed by atoms with E-state index < -0.39 is 7.33 Å². The van der Waals surface area contributed by atoms with Crippen LogP contribution in [0, 0.1) is 0 Å². The molecule has 1 N–H and O–H groups in total. The van der Waals surface area contributed by atoms with Crippen molar-refractivity contribution in [3.05, 3.63) is 34.9 Å². The quantitative estimate of drug-likeness (QED) is 0.677. The summed E-state index contributed by atoms with van der Waals surface area (Å²) >= 11 is 14.9. The van der Waals surface area contributed by atoms with Crippen LogP contribution in [0.25, 0.3) is 6.08 Å². The van der Waals surface area contributed by atoms with E-state index in [0.29, 0.717) is 0 Å². The summed E-state index contributed by atoms with van der Waals surface area (Å²) in [6.07, 6.45) is 1.95. The van der Waals surface area contributed by atoms with Crippen LogP contribution >= 0.6 is 12.6 Å². The number of fused-ring (bicyclic) bond motifs is 1. The summed E-state index contributed by atoms with van der Waals surface area (Å²) < 4.78 is 3.05. The summed E-state index contributed by atoms with van der Waals surface area (Å²) in [4.78, 5) is 1.04. The molecule has 1 aromatic rings. The maximum Gasteiger partial charge on any atom is 0.0762 e. The summed E-state index contributed by atoms with van der Waals surface area (Å²) in [5, 5.41) is 0.763. The van der Waals surface area contributed by atoms with Gasteiger partial charge in [-0.1, -0.05) is 18.2 Å². The fourth-order valence-electron chi connectivity index (χ4n) is 1.21. The highest BCUT2D eigenvalue weighted by Crippen LogP contribution is 2.24. The van der Waals surface area contributed by atoms with Crippen molar-refractivity contribution in [2.24, 2.45) is 0 Å². The van der Waals surface area contributed by atoms with E-state index in [-0.39, 0.29) is 0 Å². The van der Waals surface area contributed by atoms with E-state index in [1.807, 2.05) is 30.3 Å². The number of nitrogens with one attached hydrogen (secondary N) is 1. The minimum absolute atomic E-state index is 0.763. The molecule has 0 atom stereocenters. The maximum atomic E-state index is 5.32. The predicted octanol–water partition coefficient (Wildman–Crippen LogP) is 1.87. The van der Waals surface area contributed by atoms with Crippen molar-refractivity contribution < 1.29 is 0 Å². The third-order valence-corrected chi connectivity index (χ3v) is 5.15. The van der Waals surface area contributed by atoms with E-state index in [1.54, 1.807) is 0 Å². The second-order valence-electron chi connectivity index (χ2n) is 2.67. The van der Waals surface area contributed by atoms with Crippen LogP contribution in [0.5, 0.6) is 0 Å². The number of benzene rings is 1. The van der Waals surface area contributed by atoms with Gasteiger partial charge < -0.3 is 4.72 Å². The number of thiol groups is 1. The normalized spacial score (nSPS) is 18.4. The van der Waals surface area contributed by atoms with E-state index in [2.05, 4.69) is 17.4 Å². The van der Waals surface area contributed by atoms with Gasteiger partial charge in [0.05, 0.1) is 5.03 Å². The third kappa shape index (κ3) is 1.74. The van der Waals surface area contributed by atoms with Crippen LogP contribution in [0.2, 0.25) is 0 Å². The molecule has 0 aromatic heterocycles. The van der Waals surface area contributed by atoms with E-state index in [1.165, 1.54) is 0 Å². The lowest BCUT2D eigenvalue weighted by Gasteiger charge is -2.20. The van der Waals surface area contributed by atoms with Gasteiger partial charge >= 0.3 is 0 Å². The zero-order valence-electron chi connectivity index (χ0n) is 6.56. The summed E-state index contributed by atoms with van der Waals surface area (Å²) in [5.74, 6) is 0. The topological polar surface area (TPSA) is 12.0 Å². The molecule has 1 aliphatic rings. The van der Waals surface area contributed by atoms with E-state index in [0.717, 1.165) is 15.5 Å². The first-order valence-electron chi connectivity index (χ1n) is 3.62. The van der Waals surface area contributed by atoms with Gasteiger partial charge in [0.1, 0.15) is 0 Å². The van der Waals surface area contributed by atoms with Crippen molar-refractivity contribution in [3.8, 4) is 0 Å². The molecule has 0 spiro atoms. The lowest BCUT2D eigenvalue weighted by molar-refractivity contribution is 1.29. The average molecular weight is 245 g/mol. The monoisotopic (exact) mass is 245 g/mol. The zero-order valence-corrected chi connectivity index (χ0v) is 9.90. The standard InChI is InChI=1S/C8H7NS4/c10-8-5-6-3-1-2-4-7(6)13(11,12)9-8/h1-5,9-10H. The van der Waals surface area contributed by atoms with Gasteiger partial charge in [0.15, 0.2) is 0 Å². The van der Waals surface area contributed by atoms with Crippen molar-refractivity contribution in [2.45, 2.75) is 4.90 Å². The van der Waals surface area contributed by atoms with E-state index in [9.17, 15) is 0 Å². The Morgan fingerprint density at radius 3 is 2.69 bits per heavy atom. The molecule has 1 aromatic carbocycles. The Hall–Kier alpha value is -0.100. The van der Waals surface area contributed by atoms with Crippen LogP contribution in [-0.4, -0.2) is 0 Å². The van der Waals surface area contributed by atoms with Crippen molar-refractivity contribution in [1.29, 1.82) is 0 Å². The Morgan fingerprint density at radius 1 is 1.23 bits per heavy atom. The molecule has 0 amide bonds. The Balaban J connectivity index is 2.76. The Kier molecular flexibility index (Phi) is 2.35. The molecule has 0 saturated heterocycles. The van der Waals surface area contributed by atoms with Crippen LogP contribution in [0.1, 0.15) is 5.56 Å². The van der Waals surface area contributed by atoms with Gasteiger partial charge in [-0.3, -0.25) is 0 Å². The first-order chi connectivity index (χ1) is 6.09. The van der Waals surface area contributed by atoms with Crippen LogP contribution in [0.4, 0.5) is 0 Å². The van der Waals surface area contributed by atoms with Crippen LogP contribution in [0.15, 0.2) is 34.2 Å². The molecule has 0 aliphatic carbocycles. The van der Waals surface area contributed by atoms with Gasteiger partial charge in [-0.05, 0) is 40.1 Å². The molecule has 0 saturated carbocycles. The SMILES string of the molecule is S=S1(=S)NC(S)=Cc2ccccc21. The lowest BCUT2D eigenvalue weighted by atomic mass is 10.2. The highest BCUT2D eigenvalue weighted by Gasteiger charge is 2.14. The molecule has 5 heteroatoms. The van der Waals surface area contributed by atoms with Crippen LogP contribution in [-0.2, 0) is 29.7 Å². The van der Waals surface area contributed by atoms with Crippen molar-refractivity contribution in [2.75, 3.05) is 0 Å². The van der Waals surface area contributed by atoms with Gasteiger partial charge in [-0.25, -0.2) is 0 Å². The lowest BCUT2D eigenvalue weighted by Crippen LogP contribution is -2.22. The number of hydrogen-bond acceptors (Lipinski definition) is 3. The van der Waals surface area contributed by atoms with Crippen molar-refractivity contribution >= 4 is 48.4 Å². The smallest absolute Gasteiger partial charge is 0.0762 e. The molecular formula is C8H7NS4. The third-order valence-electron chi connectivity index (χ3n) is 1.74. The van der Waals surface area contributed by atoms with Gasteiger partial charge in [0, 0.05) is 12.2 Å². The first kappa shape index (κ1) is 9.45. The molecule has 13 heavy (non-hydrogen) atoms. The summed E-state index contributed by atoms with van der Waals surface area (Å²) in [5.41, 5.74) is 1.09. The highest BCUT2D eigenvalue weighted by atomic mass is 33.1.